The summed E-state index contributed by atoms with van der Waals surface area (Å²) in [6.45, 7) is 13.6. The molecular weight excluding hydrogens is 206 g/mol. The fourth-order valence-electron chi connectivity index (χ4n) is 1.96. The quantitative estimate of drug-likeness (QED) is 0.753. The third kappa shape index (κ3) is 2.83. The van der Waals surface area contributed by atoms with Gasteiger partial charge in [0.05, 0.1) is 0 Å². The molecule has 0 unspecified atom stereocenters. The van der Waals surface area contributed by atoms with E-state index in [0.29, 0.717) is 0 Å². The Morgan fingerprint density at radius 2 is 1.47 bits per heavy atom. The molecule has 0 spiro atoms. The average molecular weight is 233 g/mol. The van der Waals surface area contributed by atoms with Gasteiger partial charge in [0, 0.05) is 5.69 Å². The summed E-state index contributed by atoms with van der Waals surface area (Å²) in [5.41, 5.74) is 10.1. The molecule has 96 valence electrons. The summed E-state index contributed by atoms with van der Waals surface area (Å²) < 4.78 is 0. The Balaban J connectivity index is 3.30. The summed E-state index contributed by atoms with van der Waals surface area (Å²) in [6.07, 6.45) is 2.25. The second kappa shape index (κ2) is 4.72. The predicted octanol–water partition coefficient (Wildman–Crippen LogP) is 4.64. The van der Waals surface area contributed by atoms with Crippen LogP contribution in [-0.2, 0) is 10.8 Å². The molecular formula is C16H27N. The number of rotatable bonds is 4. The van der Waals surface area contributed by atoms with Crippen LogP contribution in [0, 0.1) is 0 Å². The molecule has 1 rings (SSSR count). The van der Waals surface area contributed by atoms with Crippen molar-refractivity contribution in [3.05, 3.63) is 29.3 Å². The Hall–Kier alpha value is -0.980. The van der Waals surface area contributed by atoms with Crippen molar-refractivity contribution in [2.45, 2.75) is 65.2 Å². The number of hydrogen-bond acceptors (Lipinski definition) is 1. The Morgan fingerprint density at radius 1 is 0.941 bits per heavy atom. The zero-order valence-corrected chi connectivity index (χ0v) is 12.2. The highest BCUT2D eigenvalue weighted by Crippen LogP contribution is 2.35. The van der Waals surface area contributed by atoms with Crippen molar-refractivity contribution in [1.82, 2.24) is 0 Å². The molecule has 2 N–H and O–H groups in total. The van der Waals surface area contributed by atoms with Crippen molar-refractivity contribution < 1.29 is 0 Å². The lowest BCUT2D eigenvalue weighted by Crippen LogP contribution is -2.21. The van der Waals surface area contributed by atoms with Gasteiger partial charge in [-0.2, -0.15) is 0 Å². The maximum absolute atomic E-state index is 6.14. The first-order valence-electron chi connectivity index (χ1n) is 6.65. The van der Waals surface area contributed by atoms with Crippen molar-refractivity contribution in [1.29, 1.82) is 0 Å². The van der Waals surface area contributed by atoms with Crippen LogP contribution in [0.1, 0.15) is 65.5 Å². The van der Waals surface area contributed by atoms with Gasteiger partial charge in [0.1, 0.15) is 0 Å². The van der Waals surface area contributed by atoms with Crippen LogP contribution in [0.3, 0.4) is 0 Å². The number of benzene rings is 1. The first-order valence-corrected chi connectivity index (χ1v) is 6.65. The Morgan fingerprint density at radius 3 is 1.94 bits per heavy atom. The molecule has 0 aliphatic carbocycles. The zero-order valence-electron chi connectivity index (χ0n) is 12.2. The lowest BCUT2D eigenvalue weighted by molar-refractivity contribution is 0.490. The lowest BCUT2D eigenvalue weighted by atomic mass is 9.76. The van der Waals surface area contributed by atoms with Crippen molar-refractivity contribution >= 4 is 5.69 Å². The van der Waals surface area contributed by atoms with Gasteiger partial charge in [-0.3, -0.25) is 0 Å². The van der Waals surface area contributed by atoms with Crippen LogP contribution in [0.2, 0.25) is 0 Å². The molecule has 0 heterocycles. The van der Waals surface area contributed by atoms with Crippen LogP contribution in [0.4, 0.5) is 5.69 Å². The van der Waals surface area contributed by atoms with Crippen molar-refractivity contribution in [2.75, 3.05) is 5.73 Å². The third-order valence-electron chi connectivity index (χ3n) is 4.33. The molecule has 1 aromatic carbocycles. The maximum Gasteiger partial charge on any atom is 0.0352 e. The average Bonchev–Trinajstić information content (AvgIpc) is 2.29. The highest BCUT2D eigenvalue weighted by Gasteiger charge is 2.24. The fourth-order valence-corrected chi connectivity index (χ4v) is 1.96. The number of nitrogens with two attached hydrogens (primary N) is 1. The molecule has 0 saturated carbocycles. The molecule has 0 aliphatic rings. The standard InChI is InChI=1S/C16H27N/c1-7-15(3,4)12-9-10-14(17)13(11-12)16(5,6)8-2/h9-11H,7-8,17H2,1-6H3. The van der Waals surface area contributed by atoms with E-state index >= 15 is 0 Å². The van der Waals surface area contributed by atoms with E-state index in [2.05, 4.69) is 59.7 Å². The van der Waals surface area contributed by atoms with E-state index in [0.717, 1.165) is 18.5 Å². The smallest absolute Gasteiger partial charge is 0.0352 e. The van der Waals surface area contributed by atoms with Gasteiger partial charge < -0.3 is 5.73 Å². The summed E-state index contributed by atoms with van der Waals surface area (Å²) in [4.78, 5) is 0. The third-order valence-corrected chi connectivity index (χ3v) is 4.33. The van der Waals surface area contributed by atoms with E-state index in [9.17, 15) is 0 Å². The Bertz CT molecular complexity index is 389. The summed E-state index contributed by atoms with van der Waals surface area (Å²) in [7, 11) is 0. The van der Waals surface area contributed by atoms with Crippen LogP contribution in [-0.4, -0.2) is 0 Å². The van der Waals surface area contributed by atoms with E-state index < -0.39 is 0 Å². The van der Waals surface area contributed by atoms with Gasteiger partial charge in [-0.05, 0) is 40.9 Å². The minimum absolute atomic E-state index is 0.157. The van der Waals surface area contributed by atoms with Crippen LogP contribution >= 0.6 is 0 Å². The number of anilines is 1. The molecule has 0 aromatic heterocycles. The number of nitrogen functional groups attached to an aromatic ring is 1. The predicted molar refractivity (Wildman–Crippen MR) is 77.5 cm³/mol. The maximum atomic E-state index is 6.14. The Labute approximate surface area is 106 Å². The SMILES string of the molecule is CCC(C)(C)c1ccc(N)c(C(C)(C)CC)c1. The van der Waals surface area contributed by atoms with Gasteiger partial charge in [0.15, 0.2) is 0 Å². The van der Waals surface area contributed by atoms with Crippen LogP contribution < -0.4 is 5.73 Å². The highest BCUT2D eigenvalue weighted by molar-refractivity contribution is 5.53. The van der Waals surface area contributed by atoms with Crippen molar-refractivity contribution in [3.8, 4) is 0 Å². The minimum Gasteiger partial charge on any atom is -0.398 e. The van der Waals surface area contributed by atoms with Gasteiger partial charge in [-0.15, -0.1) is 0 Å². The van der Waals surface area contributed by atoms with Gasteiger partial charge >= 0.3 is 0 Å². The molecule has 17 heavy (non-hydrogen) atoms. The molecule has 0 amide bonds. The van der Waals surface area contributed by atoms with Gasteiger partial charge in [0.25, 0.3) is 0 Å². The van der Waals surface area contributed by atoms with E-state index in [1.165, 1.54) is 11.1 Å². The first kappa shape index (κ1) is 14.1. The van der Waals surface area contributed by atoms with E-state index in [4.69, 9.17) is 5.73 Å². The van der Waals surface area contributed by atoms with Gasteiger partial charge in [-0.1, -0.05) is 53.7 Å². The summed E-state index contributed by atoms with van der Waals surface area (Å²) >= 11 is 0. The second-order valence-electron chi connectivity index (χ2n) is 6.28. The molecule has 1 aromatic rings. The molecule has 1 heteroatoms. The Kier molecular flexibility index (Phi) is 3.91. The van der Waals surface area contributed by atoms with Crippen molar-refractivity contribution in [2.24, 2.45) is 0 Å². The van der Waals surface area contributed by atoms with Crippen LogP contribution in [0.15, 0.2) is 18.2 Å². The topological polar surface area (TPSA) is 26.0 Å². The molecule has 0 fully saturated rings. The van der Waals surface area contributed by atoms with Crippen LogP contribution in [0.25, 0.3) is 0 Å². The van der Waals surface area contributed by atoms with Gasteiger partial charge in [-0.25, -0.2) is 0 Å². The van der Waals surface area contributed by atoms with E-state index in [1.807, 2.05) is 0 Å². The van der Waals surface area contributed by atoms with E-state index in [1.54, 1.807) is 0 Å². The summed E-state index contributed by atoms with van der Waals surface area (Å²) in [5.74, 6) is 0. The zero-order chi connectivity index (χ0) is 13.3. The molecule has 0 atom stereocenters. The lowest BCUT2D eigenvalue weighted by Gasteiger charge is -2.29. The van der Waals surface area contributed by atoms with Gasteiger partial charge in [0.2, 0.25) is 0 Å². The molecule has 0 radical (unpaired) electrons. The summed E-state index contributed by atoms with van der Waals surface area (Å²) in [5, 5.41) is 0. The fraction of sp³-hybridized carbons (Fsp3) is 0.625. The van der Waals surface area contributed by atoms with E-state index in [-0.39, 0.29) is 10.8 Å². The highest BCUT2D eigenvalue weighted by atomic mass is 14.6. The second-order valence-corrected chi connectivity index (χ2v) is 6.28. The van der Waals surface area contributed by atoms with Crippen molar-refractivity contribution in [3.63, 3.8) is 0 Å². The monoisotopic (exact) mass is 233 g/mol. The normalized spacial score (nSPS) is 12.8. The largest absolute Gasteiger partial charge is 0.398 e. The molecule has 1 nitrogen and oxygen atoms in total. The molecule has 0 saturated heterocycles. The van der Waals surface area contributed by atoms with Crippen LogP contribution in [0.5, 0.6) is 0 Å². The molecule has 0 bridgehead atoms. The minimum atomic E-state index is 0.157. The summed E-state index contributed by atoms with van der Waals surface area (Å²) in [6, 6.07) is 6.55. The number of hydrogen-bond donors (Lipinski definition) is 1. The molecule has 0 aliphatic heterocycles. The first-order chi connectivity index (χ1) is 7.74.